The number of ether oxygens (including phenoxy) is 2. The van der Waals surface area contributed by atoms with Crippen molar-refractivity contribution in [2.75, 3.05) is 10.6 Å². The number of fused-ring (bicyclic) bond motifs is 1. The number of halogens is 2. The molecule has 1 amide bonds. The molecule has 4 rings (SSSR count). The van der Waals surface area contributed by atoms with Crippen LogP contribution in [0.5, 0.6) is 11.5 Å². The molecule has 0 bridgehead atoms. The van der Waals surface area contributed by atoms with Crippen molar-refractivity contribution >= 4 is 23.1 Å². The fourth-order valence-corrected chi connectivity index (χ4v) is 2.70. The lowest BCUT2D eigenvalue weighted by Crippen LogP contribution is -2.25. The third-order valence-corrected chi connectivity index (χ3v) is 3.79. The molecule has 0 saturated heterocycles. The lowest BCUT2D eigenvalue weighted by molar-refractivity contribution is -0.286. The van der Waals surface area contributed by atoms with E-state index in [4.69, 9.17) is 0 Å². The highest BCUT2D eigenvalue weighted by Crippen LogP contribution is 2.42. The number of alkyl halides is 2. The Balaban J connectivity index is 1.56. The summed E-state index contributed by atoms with van der Waals surface area (Å²) in [4.78, 5) is 19.9. The summed E-state index contributed by atoms with van der Waals surface area (Å²) in [6, 6.07) is 11.5. The molecule has 28 heavy (non-hydrogen) atoms. The second kappa shape index (κ2) is 6.76. The van der Waals surface area contributed by atoms with Gasteiger partial charge in [-0.1, -0.05) is 12.1 Å². The number of hydrogen-bond acceptors (Lipinski definition) is 6. The molecule has 9 heteroatoms. The maximum Gasteiger partial charge on any atom is 0.586 e. The highest BCUT2D eigenvalue weighted by molar-refractivity contribution is 5.89. The first-order chi connectivity index (χ1) is 13.4. The molecule has 0 unspecified atom stereocenters. The highest BCUT2D eigenvalue weighted by Gasteiger charge is 2.43. The molecule has 0 aliphatic carbocycles. The maximum atomic E-state index is 13.1. The Hall–Kier alpha value is -3.75. The standard InChI is InChI=1S/C19H14F2N4O3/c1-11(26)23-13-4-2-3-12(7-13)15-9-22-10-18(25-15)24-14-5-6-16-17(8-14)28-19(20,21)27-16/h2-10H,1H3,(H,23,26)(H,24,25). The van der Waals surface area contributed by atoms with Crippen molar-refractivity contribution in [3.05, 3.63) is 54.9 Å². The van der Waals surface area contributed by atoms with E-state index in [2.05, 4.69) is 30.1 Å². The normalized spacial score (nSPS) is 13.8. The molecule has 0 atom stereocenters. The molecule has 2 aromatic carbocycles. The number of carbonyl (C=O) groups excluding carboxylic acids is 1. The highest BCUT2D eigenvalue weighted by atomic mass is 19.3. The molecule has 0 fully saturated rings. The number of anilines is 3. The molecule has 1 aliphatic heterocycles. The fourth-order valence-electron chi connectivity index (χ4n) is 2.70. The number of carbonyl (C=O) groups is 1. The van der Waals surface area contributed by atoms with Crippen LogP contribution in [0.15, 0.2) is 54.9 Å². The molecule has 7 nitrogen and oxygen atoms in total. The van der Waals surface area contributed by atoms with Crippen LogP contribution < -0.4 is 20.1 Å². The summed E-state index contributed by atoms with van der Waals surface area (Å²) in [7, 11) is 0. The van der Waals surface area contributed by atoms with E-state index >= 15 is 0 Å². The van der Waals surface area contributed by atoms with Gasteiger partial charge >= 0.3 is 6.29 Å². The largest absolute Gasteiger partial charge is 0.586 e. The van der Waals surface area contributed by atoms with Crippen LogP contribution in [0.2, 0.25) is 0 Å². The van der Waals surface area contributed by atoms with E-state index in [-0.39, 0.29) is 17.4 Å². The van der Waals surface area contributed by atoms with Gasteiger partial charge in [-0.05, 0) is 24.3 Å². The van der Waals surface area contributed by atoms with Gasteiger partial charge in [0, 0.05) is 29.9 Å². The topological polar surface area (TPSA) is 85.4 Å². The maximum absolute atomic E-state index is 13.1. The molecule has 0 spiro atoms. The number of hydrogen-bond donors (Lipinski definition) is 2. The first kappa shape index (κ1) is 17.7. The quantitative estimate of drug-likeness (QED) is 0.702. The minimum Gasteiger partial charge on any atom is -0.395 e. The summed E-state index contributed by atoms with van der Waals surface area (Å²) in [5.74, 6) is 0.132. The van der Waals surface area contributed by atoms with Crippen molar-refractivity contribution in [3.63, 3.8) is 0 Å². The van der Waals surface area contributed by atoms with Crippen molar-refractivity contribution in [3.8, 4) is 22.8 Å². The van der Waals surface area contributed by atoms with Crippen molar-refractivity contribution in [1.29, 1.82) is 0 Å². The van der Waals surface area contributed by atoms with Crippen LogP contribution in [0, 0.1) is 0 Å². The summed E-state index contributed by atoms with van der Waals surface area (Å²) in [5.41, 5.74) is 2.46. The van der Waals surface area contributed by atoms with Gasteiger partial charge in [-0.2, -0.15) is 0 Å². The zero-order valence-corrected chi connectivity index (χ0v) is 14.6. The summed E-state index contributed by atoms with van der Waals surface area (Å²) in [6.45, 7) is 1.43. The van der Waals surface area contributed by atoms with Crippen LogP contribution in [0.3, 0.4) is 0 Å². The van der Waals surface area contributed by atoms with E-state index in [0.29, 0.717) is 22.9 Å². The first-order valence-corrected chi connectivity index (χ1v) is 8.25. The number of aromatic nitrogens is 2. The van der Waals surface area contributed by atoms with E-state index < -0.39 is 6.29 Å². The van der Waals surface area contributed by atoms with E-state index in [0.717, 1.165) is 5.56 Å². The first-order valence-electron chi connectivity index (χ1n) is 8.25. The van der Waals surface area contributed by atoms with Crippen molar-refractivity contribution in [2.45, 2.75) is 13.2 Å². The zero-order chi connectivity index (χ0) is 19.7. The van der Waals surface area contributed by atoms with Crippen molar-refractivity contribution < 1.29 is 23.0 Å². The van der Waals surface area contributed by atoms with E-state index in [9.17, 15) is 13.6 Å². The molecule has 3 aromatic rings. The van der Waals surface area contributed by atoms with Crippen LogP contribution in [0.25, 0.3) is 11.3 Å². The van der Waals surface area contributed by atoms with Crippen molar-refractivity contribution in [2.24, 2.45) is 0 Å². The summed E-state index contributed by atoms with van der Waals surface area (Å²) in [6.07, 6.45) is -0.585. The summed E-state index contributed by atoms with van der Waals surface area (Å²) in [5, 5.41) is 5.70. The van der Waals surface area contributed by atoms with Crippen LogP contribution in [-0.4, -0.2) is 22.2 Å². The lowest BCUT2D eigenvalue weighted by atomic mass is 10.1. The molecular weight excluding hydrogens is 370 g/mol. The van der Waals surface area contributed by atoms with Gasteiger partial charge in [-0.15, -0.1) is 8.78 Å². The van der Waals surface area contributed by atoms with Gasteiger partial charge in [0.1, 0.15) is 5.82 Å². The van der Waals surface area contributed by atoms with Crippen LogP contribution in [0.1, 0.15) is 6.92 Å². The van der Waals surface area contributed by atoms with E-state index in [1.54, 1.807) is 30.5 Å². The zero-order valence-electron chi connectivity index (χ0n) is 14.6. The third kappa shape index (κ3) is 3.83. The Kier molecular flexibility index (Phi) is 4.26. The van der Waals surface area contributed by atoms with Crippen molar-refractivity contribution in [1.82, 2.24) is 9.97 Å². The number of nitrogens with zero attached hydrogens (tertiary/aromatic N) is 2. The summed E-state index contributed by atoms with van der Waals surface area (Å²) < 4.78 is 35.1. The van der Waals surface area contributed by atoms with E-state index in [1.165, 1.54) is 25.3 Å². The Morgan fingerprint density at radius 2 is 1.86 bits per heavy atom. The Morgan fingerprint density at radius 3 is 2.68 bits per heavy atom. The average molecular weight is 384 g/mol. The Morgan fingerprint density at radius 1 is 1.04 bits per heavy atom. The molecule has 2 N–H and O–H groups in total. The number of rotatable bonds is 4. The molecule has 1 aromatic heterocycles. The predicted octanol–water partition coefficient (Wildman–Crippen LogP) is 4.17. The van der Waals surface area contributed by atoms with Gasteiger partial charge in [0.15, 0.2) is 11.5 Å². The average Bonchev–Trinajstić information content (AvgIpc) is 2.95. The second-order valence-corrected chi connectivity index (χ2v) is 6.01. The summed E-state index contributed by atoms with van der Waals surface area (Å²) >= 11 is 0. The van der Waals surface area contributed by atoms with Gasteiger partial charge in [-0.25, -0.2) is 4.98 Å². The Bertz CT molecular complexity index is 1060. The minimum absolute atomic E-state index is 0.0369. The Labute approximate surface area is 158 Å². The smallest absolute Gasteiger partial charge is 0.395 e. The molecule has 0 saturated carbocycles. The van der Waals surface area contributed by atoms with Gasteiger partial charge in [-0.3, -0.25) is 9.78 Å². The van der Waals surface area contributed by atoms with Gasteiger partial charge < -0.3 is 20.1 Å². The van der Waals surface area contributed by atoms with Crippen LogP contribution in [0.4, 0.5) is 26.0 Å². The number of nitrogens with one attached hydrogen (secondary N) is 2. The van der Waals surface area contributed by atoms with Gasteiger partial charge in [0.25, 0.3) is 0 Å². The third-order valence-electron chi connectivity index (χ3n) is 3.79. The minimum atomic E-state index is -3.67. The van der Waals surface area contributed by atoms with Crippen LogP contribution >= 0.6 is 0 Å². The molecule has 0 radical (unpaired) electrons. The predicted molar refractivity (Wildman–Crippen MR) is 97.7 cm³/mol. The number of amides is 1. The van der Waals surface area contributed by atoms with Gasteiger partial charge in [0.05, 0.1) is 18.1 Å². The molecule has 142 valence electrons. The second-order valence-electron chi connectivity index (χ2n) is 6.01. The molecular formula is C19H14F2N4O3. The fraction of sp³-hybridized carbons (Fsp3) is 0.105. The van der Waals surface area contributed by atoms with Gasteiger partial charge in [0.2, 0.25) is 5.91 Å². The molecule has 2 heterocycles. The lowest BCUT2D eigenvalue weighted by Gasteiger charge is -2.09. The van der Waals surface area contributed by atoms with Crippen LogP contribution in [-0.2, 0) is 4.79 Å². The number of benzene rings is 2. The SMILES string of the molecule is CC(=O)Nc1cccc(-c2cncc(Nc3ccc4c(c3)OC(F)(F)O4)n2)c1. The van der Waals surface area contributed by atoms with E-state index in [1.807, 2.05) is 6.07 Å². The molecule has 1 aliphatic rings. The monoisotopic (exact) mass is 384 g/mol.